The number of sulfonamides is 1. The van der Waals surface area contributed by atoms with Gasteiger partial charge < -0.3 is 4.90 Å². The van der Waals surface area contributed by atoms with Crippen LogP contribution in [0.25, 0.3) is 10.8 Å². The number of hydrogen-bond donors (Lipinski definition) is 2. The van der Waals surface area contributed by atoms with Gasteiger partial charge in [-0.15, -0.1) is 0 Å². The molecule has 3 rings (SSSR count). The van der Waals surface area contributed by atoms with Gasteiger partial charge in [0.05, 0.1) is 20.4 Å². The molecule has 5 heteroatoms. The van der Waals surface area contributed by atoms with Gasteiger partial charge in [0, 0.05) is 5.56 Å². The predicted molar refractivity (Wildman–Crippen MR) is 80.2 cm³/mol. The van der Waals surface area contributed by atoms with E-state index in [0.717, 1.165) is 5.56 Å². The molecule has 1 aliphatic rings. The van der Waals surface area contributed by atoms with Crippen LogP contribution in [0, 0.1) is 0 Å². The van der Waals surface area contributed by atoms with E-state index in [0.29, 0.717) is 0 Å². The first kappa shape index (κ1) is 13.5. The van der Waals surface area contributed by atoms with Crippen molar-refractivity contribution in [3.05, 3.63) is 47.5 Å². The third-order valence-electron chi connectivity index (χ3n) is 3.94. The fraction of sp³-hybridized carbons (Fsp3) is 0.333. The van der Waals surface area contributed by atoms with Gasteiger partial charge in [-0.25, -0.2) is 13.1 Å². The van der Waals surface area contributed by atoms with Crippen molar-refractivity contribution in [2.75, 3.05) is 20.4 Å². The number of benzene rings is 2. The van der Waals surface area contributed by atoms with Crippen molar-refractivity contribution in [3.63, 3.8) is 0 Å². The van der Waals surface area contributed by atoms with Crippen LogP contribution >= 0.6 is 0 Å². The van der Waals surface area contributed by atoms with Gasteiger partial charge in [0.1, 0.15) is 12.1 Å². The van der Waals surface area contributed by atoms with Crippen LogP contribution in [0.15, 0.2) is 36.4 Å². The van der Waals surface area contributed by atoms with Crippen LogP contribution < -0.4 is 9.62 Å². The molecule has 2 N–H and O–H groups in total. The highest BCUT2D eigenvalue weighted by Gasteiger charge is 2.39. The Kier molecular flexibility index (Phi) is 3.08. The van der Waals surface area contributed by atoms with Crippen LogP contribution in [0.3, 0.4) is 0 Å². The van der Waals surface area contributed by atoms with Gasteiger partial charge in [0.2, 0.25) is 10.0 Å². The fourth-order valence-corrected chi connectivity index (χ4v) is 4.01. The van der Waals surface area contributed by atoms with Crippen molar-refractivity contribution in [1.29, 1.82) is 0 Å². The molecule has 106 valence electrons. The van der Waals surface area contributed by atoms with E-state index in [1.165, 1.54) is 27.5 Å². The maximum Gasteiger partial charge on any atom is 0.209 e. The van der Waals surface area contributed by atoms with Gasteiger partial charge in [-0.05, 0) is 16.3 Å². The molecule has 2 aromatic carbocycles. The molecule has 0 heterocycles. The van der Waals surface area contributed by atoms with E-state index in [4.69, 9.17) is 0 Å². The standard InChI is InChI=1S/C15H18N2O2S/c1-17(2)15-12-9-5-7-10-6-4-8-11(13(10)12)14(15)16-20(3,18)19/h4-9,14-16H,1-3H3/p+1/t14-,15-/m0/s1. The lowest BCUT2D eigenvalue weighted by atomic mass is 10.0. The smallest absolute Gasteiger partial charge is 0.209 e. The quantitative estimate of drug-likeness (QED) is 0.871. The molecule has 0 bridgehead atoms. The monoisotopic (exact) mass is 291 g/mol. The van der Waals surface area contributed by atoms with Crippen LogP contribution in [0.5, 0.6) is 0 Å². The zero-order chi connectivity index (χ0) is 14.5. The molecule has 0 fully saturated rings. The van der Waals surface area contributed by atoms with Gasteiger partial charge in [0.15, 0.2) is 0 Å². The van der Waals surface area contributed by atoms with Crippen LogP contribution in [0.4, 0.5) is 0 Å². The first-order valence-electron chi connectivity index (χ1n) is 6.67. The summed E-state index contributed by atoms with van der Waals surface area (Å²) in [5, 5.41) is 2.37. The Hall–Kier alpha value is -1.43. The Morgan fingerprint density at radius 2 is 1.65 bits per heavy atom. The molecule has 2 atom stereocenters. The number of nitrogens with one attached hydrogen (secondary N) is 2. The average molecular weight is 291 g/mol. The lowest BCUT2D eigenvalue weighted by molar-refractivity contribution is -0.894. The maximum absolute atomic E-state index is 11.7. The summed E-state index contributed by atoms with van der Waals surface area (Å²) in [6, 6.07) is 12.2. The molecule has 0 aliphatic heterocycles. The van der Waals surface area contributed by atoms with E-state index >= 15 is 0 Å². The molecule has 0 amide bonds. The Labute approximate surface area is 119 Å². The normalized spacial score (nSPS) is 21.8. The first-order valence-corrected chi connectivity index (χ1v) is 8.56. The molecule has 0 radical (unpaired) electrons. The molecular formula is C15H19N2O2S+. The first-order chi connectivity index (χ1) is 9.38. The largest absolute Gasteiger partial charge is 0.332 e. The van der Waals surface area contributed by atoms with Crippen molar-refractivity contribution < 1.29 is 13.3 Å². The third kappa shape index (κ3) is 2.12. The summed E-state index contributed by atoms with van der Waals surface area (Å²) in [6.45, 7) is 0. The minimum absolute atomic E-state index is 0.103. The molecule has 0 spiro atoms. The van der Waals surface area contributed by atoms with Crippen molar-refractivity contribution in [3.8, 4) is 0 Å². The van der Waals surface area contributed by atoms with Gasteiger partial charge in [-0.2, -0.15) is 0 Å². The number of hydrogen-bond acceptors (Lipinski definition) is 2. The summed E-state index contributed by atoms with van der Waals surface area (Å²) in [7, 11) is 0.872. The minimum atomic E-state index is -3.25. The van der Waals surface area contributed by atoms with Gasteiger partial charge >= 0.3 is 0 Å². The second-order valence-electron chi connectivity index (χ2n) is 5.72. The highest BCUT2D eigenvalue weighted by Crippen LogP contribution is 2.42. The van der Waals surface area contributed by atoms with E-state index in [1.807, 2.05) is 18.2 Å². The number of rotatable bonds is 3. The van der Waals surface area contributed by atoms with E-state index in [9.17, 15) is 8.42 Å². The third-order valence-corrected chi connectivity index (χ3v) is 4.62. The number of quaternary nitrogens is 1. The fourth-order valence-electron chi connectivity index (χ4n) is 3.28. The molecule has 2 aromatic rings. The van der Waals surface area contributed by atoms with Crippen molar-refractivity contribution in [2.45, 2.75) is 12.1 Å². The Bertz CT molecular complexity index is 763. The number of likely N-dealkylation sites (N-methyl/N-ethyl adjacent to an activating group) is 1. The van der Waals surface area contributed by atoms with Crippen molar-refractivity contribution >= 4 is 20.8 Å². The van der Waals surface area contributed by atoms with Crippen LogP contribution in [-0.4, -0.2) is 28.8 Å². The predicted octanol–water partition coefficient (Wildman–Crippen LogP) is 0.629. The topological polar surface area (TPSA) is 50.6 Å². The molecule has 0 aromatic heterocycles. The summed E-state index contributed by atoms with van der Waals surface area (Å²) >= 11 is 0. The van der Waals surface area contributed by atoms with Crippen molar-refractivity contribution in [1.82, 2.24) is 4.72 Å². The summed E-state index contributed by atoms with van der Waals surface area (Å²) in [5.74, 6) is 0. The highest BCUT2D eigenvalue weighted by atomic mass is 32.2. The van der Waals surface area contributed by atoms with Crippen LogP contribution in [0.2, 0.25) is 0 Å². The Balaban J connectivity index is 2.24. The second kappa shape index (κ2) is 4.55. The average Bonchev–Trinajstić information content (AvgIpc) is 2.64. The molecular weight excluding hydrogens is 272 g/mol. The van der Waals surface area contributed by atoms with E-state index < -0.39 is 10.0 Å². The van der Waals surface area contributed by atoms with Gasteiger partial charge in [-0.3, -0.25) is 0 Å². The Morgan fingerprint density at radius 3 is 2.20 bits per heavy atom. The molecule has 0 saturated carbocycles. The summed E-state index contributed by atoms with van der Waals surface area (Å²) in [4.78, 5) is 1.22. The van der Waals surface area contributed by atoms with Gasteiger partial charge in [-0.1, -0.05) is 36.4 Å². The van der Waals surface area contributed by atoms with Crippen molar-refractivity contribution in [2.24, 2.45) is 0 Å². The summed E-state index contributed by atoms with van der Waals surface area (Å²) in [6.07, 6.45) is 1.22. The van der Waals surface area contributed by atoms with E-state index in [-0.39, 0.29) is 12.1 Å². The van der Waals surface area contributed by atoms with E-state index in [1.54, 1.807) is 0 Å². The van der Waals surface area contributed by atoms with E-state index in [2.05, 4.69) is 37.0 Å². The van der Waals surface area contributed by atoms with Gasteiger partial charge in [0.25, 0.3) is 0 Å². The molecule has 4 nitrogen and oxygen atoms in total. The lowest BCUT2D eigenvalue weighted by Gasteiger charge is -2.25. The lowest BCUT2D eigenvalue weighted by Crippen LogP contribution is -3.06. The minimum Gasteiger partial charge on any atom is -0.332 e. The molecule has 20 heavy (non-hydrogen) atoms. The maximum atomic E-state index is 11.7. The molecule has 0 unspecified atom stereocenters. The SMILES string of the molecule is C[NH+](C)[C@H]1c2cccc3cccc(c23)[C@@H]1NS(C)(=O)=O. The molecule has 1 aliphatic carbocycles. The second-order valence-corrected chi connectivity index (χ2v) is 7.50. The van der Waals surface area contributed by atoms with Crippen LogP contribution in [0.1, 0.15) is 23.2 Å². The highest BCUT2D eigenvalue weighted by molar-refractivity contribution is 7.88. The zero-order valence-corrected chi connectivity index (χ0v) is 12.7. The summed E-state index contributed by atoms with van der Waals surface area (Å²) < 4.78 is 26.2. The molecule has 0 saturated heterocycles. The Morgan fingerprint density at radius 1 is 1.05 bits per heavy atom. The zero-order valence-electron chi connectivity index (χ0n) is 11.8. The summed E-state index contributed by atoms with van der Waals surface area (Å²) in [5.41, 5.74) is 2.30. The van der Waals surface area contributed by atoms with Crippen LogP contribution in [-0.2, 0) is 10.0 Å².